The summed E-state index contributed by atoms with van der Waals surface area (Å²) in [6, 6.07) is 18.6. The van der Waals surface area contributed by atoms with E-state index >= 15 is 0 Å². The van der Waals surface area contributed by atoms with Gasteiger partial charge in [-0.15, -0.1) is 0 Å². The van der Waals surface area contributed by atoms with Crippen LogP contribution in [0.5, 0.6) is 17.2 Å². The normalized spacial score (nSPS) is 15.7. The fourth-order valence-electron chi connectivity index (χ4n) is 3.66. The molecule has 0 radical (unpaired) electrons. The van der Waals surface area contributed by atoms with Crippen molar-refractivity contribution in [3.8, 4) is 17.2 Å². The van der Waals surface area contributed by atoms with Crippen molar-refractivity contribution in [3.05, 3.63) is 84.0 Å². The van der Waals surface area contributed by atoms with Gasteiger partial charge in [0, 0.05) is 6.21 Å². The molecule has 3 aromatic rings. The van der Waals surface area contributed by atoms with Gasteiger partial charge in [0.05, 0.1) is 21.3 Å². The molecule has 1 aliphatic heterocycles. The van der Waals surface area contributed by atoms with Crippen LogP contribution in [0.4, 0.5) is 0 Å². The van der Waals surface area contributed by atoms with Crippen molar-refractivity contribution in [3.63, 3.8) is 0 Å². The predicted octanol–water partition coefficient (Wildman–Crippen LogP) is 5.63. The van der Waals surface area contributed by atoms with E-state index in [2.05, 4.69) is 48.5 Å². The Labute approximate surface area is 170 Å². The van der Waals surface area contributed by atoms with E-state index in [-0.39, 0.29) is 6.04 Å². The van der Waals surface area contributed by atoms with Crippen LogP contribution in [0.2, 0.25) is 0 Å². The molecular formula is C25H23NO3. The fourth-order valence-corrected chi connectivity index (χ4v) is 3.66. The van der Waals surface area contributed by atoms with Gasteiger partial charge in [-0.2, -0.15) is 0 Å². The van der Waals surface area contributed by atoms with E-state index < -0.39 is 0 Å². The Kier molecular flexibility index (Phi) is 5.34. The first-order valence-electron chi connectivity index (χ1n) is 9.44. The third-order valence-electron chi connectivity index (χ3n) is 5.09. The largest absolute Gasteiger partial charge is 0.493 e. The van der Waals surface area contributed by atoms with Gasteiger partial charge in [-0.1, -0.05) is 48.6 Å². The molecule has 1 aliphatic rings. The second kappa shape index (κ2) is 8.23. The zero-order valence-electron chi connectivity index (χ0n) is 16.8. The Morgan fingerprint density at radius 3 is 2.17 bits per heavy atom. The number of hydrogen-bond acceptors (Lipinski definition) is 4. The summed E-state index contributed by atoms with van der Waals surface area (Å²) in [5, 5.41) is 2.41. The van der Waals surface area contributed by atoms with Crippen LogP contribution in [0.25, 0.3) is 16.3 Å². The summed E-state index contributed by atoms with van der Waals surface area (Å²) in [7, 11) is 4.86. The zero-order valence-corrected chi connectivity index (χ0v) is 16.8. The van der Waals surface area contributed by atoms with E-state index in [0.29, 0.717) is 17.2 Å². The average Bonchev–Trinajstić information content (AvgIpc) is 3.03. The highest BCUT2D eigenvalue weighted by Gasteiger charge is 2.22. The molecule has 0 aromatic heterocycles. The first-order chi connectivity index (χ1) is 14.2. The molecule has 29 heavy (non-hydrogen) atoms. The molecule has 4 rings (SSSR count). The highest BCUT2D eigenvalue weighted by atomic mass is 16.5. The maximum absolute atomic E-state index is 5.55. The van der Waals surface area contributed by atoms with Gasteiger partial charge in [-0.25, -0.2) is 0 Å². The van der Waals surface area contributed by atoms with Crippen LogP contribution >= 0.6 is 0 Å². The monoisotopic (exact) mass is 385 g/mol. The minimum Gasteiger partial charge on any atom is -0.493 e. The molecule has 4 nitrogen and oxygen atoms in total. The zero-order chi connectivity index (χ0) is 20.2. The quantitative estimate of drug-likeness (QED) is 0.571. The summed E-state index contributed by atoms with van der Waals surface area (Å²) in [6.07, 6.45) is 7.89. The smallest absolute Gasteiger partial charge is 0.203 e. The first-order valence-corrected chi connectivity index (χ1v) is 9.44. The predicted molar refractivity (Wildman–Crippen MR) is 118 cm³/mol. The number of ether oxygens (including phenoxy) is 3. The van der Waals surface area contributed by atoms with Crippen molar-refractivity contribution >= 4 is 22.6 Å². The third-order valence-corrected chi connectivity index (χ3v) is 5.09. The van der Waals surface area contributed by atoms with E-state index in [0.717, 1.165) is 16.7 Å². The second-order valence-electron chi connectivity index (χ2n) is 6.73. The highest BCUT2D eigenvalue weighted by molar-refractivity contribution is 5.86. The minimum absolute atomic E-state index is 0.141. The molecule has 0 aliphatic carbocycles. The van der Waals surface area contributed by atoms with E-state index in [4.69, 9.17) is 19.2 Å². The van der Waals surface area contributed by atoms with E-state index in [1.54, 1.807) is 21.3 Å². The summed E-state index contributed by atoms with van der Waals surface area (Å²) >= 11 is 0. The molecule has 0 spiro atoms. The van der Waals surface area contributed by atoms with Crippen molar-refractivity contribution < 1.29 is 14.2 Å². The van der Waals surface area contributed by atoms with Crippen molar-refractivity contribution in [2.75, 3.05) is 21.3 Å². The van der Waals surface area contributed by atoms with Crippen LogP contribution in [-0.4, -0.2) is 27.5 Å². The summed E-state index contributed by atoms with van der Waals surface area (Å²) in [4.78, 5) is 4.82. The van der Waals surface area contributed by atoms with Gasteiger partial charge < -0.3 is 14.2 Å². The number of fused-ring (bicyclic) bond motifs is 1. The SMILES string of the molecule is COc1cc(C2=CC=CC=NC2c2ccc3ccccc3c2)cc(OC)c1OC. The number of nitrogens with zero attached hydrogens (tertiary/aromatic N) is 1. The molecule has 0 saturated heterocycles. The Morgan fingerprint density at radius 1 is 0.759 bits per heavy atom. The van der Waals surface area contributed by atoms with Gasteiger partial charge in [0.1, 0.15) is 6.04 Å². The van der Waals surface area contributed by atoms with Gasteiger partial charge >= 0.3 is 0 Å². The van der Waals surface area contributed by atoms with Crippen molar-refractivity contribution in [2.24, 2.45) is 4.99 Å². The molecule has 146 valence electrons. The second-order valence-corrected chi connectivity index (χ2v) is 6.73. The van der Waals surface area contributed by atoms with Gasteiger partial charge in [-0.3, -0.25) is 4.99 Å². The lowest BCUT2D eigenvalue weighted by molar-refractivity contribution is 0.324. The Balaban J connectivity index is 1.85. The summed E-state index contributed by atoms with van der Waals surface area (Å²) in [5.74, 6) is 1.82. The number of methoxy groups -OCH3 is 3. The number of benzene rings is 3. The molecule has 3 aromatic carbocycles. The van der Waals surface area contributed by atoms with Crippen LogP contribution < -0.4 is 14.2 Å². The van der Waals surface area contributed by atoms with Crippen LogP contribution in [0, 0.1) is 0 Å². The molecule has 0 amide bonds. The molecule has 1 atom stereocenters. The van der Waals surface area contributed by atoms with Crippen molar-refractivity contribution in [1.29, 1.82) is 0 Å². The number of aliphatic imine (C=N–C) groups is 1. The lowest BCUT2D eigenvalue weighted by Gasteiger charge is -2.20. The lowest BCUT2D eigenvalue weighted by Crippen LogP contribution is -2.02. The molecule has 4 heteroatoms. The minimum atomic E-state index is -0.141. The molecule has 0 N–H and O–H groups in total. The van der Waals surface area contributed by atoms with Crippen LogP contribution in [-0.2, 0) is 0 Å². The molecule has 0 fully saturated rings. The molecule has 1 unspecified atom stereocenters. The maximum Gasteiger partial charge on any atom is 0.203 e. The number of rotatable bonds is 5. The van der Waals surface area contributed by atoms with Gasteiger partial charge in [0.25, 0.3) is 0 Å². The topological polar surface area (TPSA) is 40.0 Å². The Bertz CT molecular complexity index is 1100. The fraction of sp³-hybridized carbons (Fsp3) is 0.160. The van der Waals surface area contributed by atoms with Crippen LogP contribution in [0.15, 0.2) is 77.8 Å². The van der Waals surface area contributed by atoms with Crippen molar-refractivity contribution in [1.82, 2.24) is 0 Å². The Hall–Kier alpha value is -3.53. The van der Waals surface area contributed by atoms with E-state index in [1.165, 1.54) is 10.8 Å². The highest BCUT2D eigenvalue weighted by Crippen LogP contribution is 2.43. The van der Waals surface area contributed by atoms with Gasteiger partial charge in [0.2, 0.25) is 5.75 Å². The van der Waals surface area contributed by atoms with Gasteiger partial charge in [-0.05, 0) is 51.7 Å². The number of allylic oxidation sites excluding steroid dienone is 3. The third kappa shape index (κ3) is 3.61. The van der Waals surface area contributed by atoms with Crippen LogP contribution in [0.3, 0.4) is 0 Å². The molecular weight excluding hydrogens is 362 g/mol. The summed E-state index contributed by atoms with van der Waals surface area (Å²) in [6.45, 7) is 0. The molecule has 0 saturated carbocycles. The molecule has 0 bridgehead atoms. The van der Waals surface area contributed by atoms with E-state index in [1.807, 2.05) is 30.5 Å². The van der Waals surface area contributed by atoms with E-state index in [9.17, 15) is 0 Å². The number of hydrogen-bond donors (Lipinski definition) is 0. The molecule has 1 heterocycles. The van der Waals surface area contributed by atoms with Gasteiger partial charge in [0.15, 0.2) is 11.5 Å². The summed E-state index contributed by atoms with van der Waals surface area (Å²) < 4.78 is 16.6. The van der Waals surface area contributed by atoms with Crippen molar-refractivity contribution in [2.45, 2.75) is 6.04 Å². The standard InChI is InChI=1S/C25H23NO3/c1-27-22-15-20(16-23(28-2)25(22)29-3)21-10-6-7-13-26-24(21)19-12-11-17-8-4-5-9-18(17)14-19/h4-16,24H,1-3H3. The lowest BCUT2D eigenvalue weighted by atomic mass is 9.91. The Morgan fingerprint density at radius 2 is 1.48 bits per heavy atom. The average molecular weight is 385 g/mol. The van der Waals surface area contributed by atoms with Crippen LogP contribution in [0.1, 0.15) is 17.2 Å². The maximum atomic E-state index is 5.55. The summed E-state index contributed by atoms with van der Waals surface area (Å²) in [5.41, 5.74) is 3.16. The first kappa shape index (κ1) is 18.8.